The Morgan fingerprint density at radius 2 is 1.65 bits per heavy atom. The molecule has 1 aromatic carbocycles. The van der Waals surface area contributed by atoms with Crippen molar-refractivity contribution < 1.29 is 45.3 Å². The molecule has 0 atom stereocenters. The van der Waals surface area contributed by atoms with Gasteiger partial charge in [-0.05, 0) is 12.1 Å². The first-order chi connectivity index (χ1) is 14.4. The van der Waals surface area contributed by atoms with E-state index in [-0.39, 0.29) is 12.6 Å². The van der Waals surface area contributed by atoms with Crippen LogP contribution in [-0.4, -0.2) is 49.8 Å². The third kappa shape index (κ3) is 6.15. The molecule has 0 spiro atoms. The Labute approximate surface area is 173 Å². The normalized spacial score (nSPS) is 11.8. The van der Waals surface area contributed by atoms with Gasteiger partial charge in [0.1, 0.15) is 11.5 Å². The average molecular weight is 452 g/mol. The van der Waals surface area contributed by atoms with E-state index in [9.17, 15) is 31.1 Å². The molecule has 2 rings (SSSR count). The number of pyridine rings is 1. The zero-order valence-corrected chi connectivity index (χ0v) is 16.6. The van der Waals surface area contributed by atoms with Gasteiger partial charge in [-0.3, -0.25) is 4.79 Å². The van der Waals surface area contributed by atoms with Crippen LogP contribution in [0.2, 0.25) is 0 Å². The molecular formula is C19H18F6N2O4. The standard InChI is InChI=1S/C19H18F6N2O4/c1-27(9-12-14(29-2)5-4-6-15(12)30-3)17(28)11-8-26-16(31-10-18(20,21)22)7-13(11)19(23,24)25/h4-8H,9-10H2,1-3H3. The van der Waals surface area contributed by atoms with Crippen molar-refractivity contribution in [3.8, 4) is 17.4 Å². The van der Waals surface area contributed by atoms with Gasteiger partial charge in [-0.15, -0.1) is 0 Å². The Bertz CT molecular complexity index is 908. The van der Waals surface area contributed by atoms with E-state index in [0.29, 0.717) is 23.3 Å². The van der Waals surface area contributed by atoms with Crippen LogP contribution in [0.4, 0.5) is 26.3 Å². The number of hydrogen-bond donors (Lipinski definition) is 0. The van der Waals surface area contributed by atoms with Gasteiger partial charge in [-0.1, -0.05) is 6.07 Å². The number of ether oxygens (including phenoxy) is 3. The second kappa shape index (κ2) is 9.31. The van der Waals surface area contributed by atoms with Crippen molar-refractivity contribution in [2.24, 2.45) is 0 Å². The van der Waals surface area contributed by atoms with Crippen molar-refractivity contribution in [3.63, 3.8) is 0 Å². The maximum Gasteiger partial charge on any atom is 0.422 e. The van der Waals surface area contributed by atoms with Crippen molar-refractivity contribution in [1.29, 1.82) is 0 Å². The Kier molecular flexibility index (Phi) is 7.24. The smallest absolute Gasteiger partial charge is 0.422 e. The minimum atomic E-state index is -5.03. The summed E-state index contributed by atoms with van der Waals surface area (Å²) in [5.74, 6) is -1.27. The number of nitrogens with zero attached hydrogens (tertiary/aromatic N) is 2. The number of methoxy groups -OCH3 is 2. The Morgan fingerprint density at radius 3 is 2.13 bits per heavy atom. The van der Waals surface area contributed by atoms with Gasteiger partial charge in [0.05, 0.1) is 37.5 Å². The molecule has 31 heavy (non-hydrogen) atoms. The maximum atomic E-state index is 13.5. The summed E-state index contributed by atoms with van der Waals surface area (Å²) in [6.07, 6.45) is -9.26. The summed E-state index contributed by atoms with van der Waals surface area (Å²) in [5.41, 5.74) is -1.90. The molecule has 0 radical (unpaired) electrons. The highest BCUT2D eigenvalue weighted by Crippen LogP contribution is 2.35. The predicted octanol–water partition coefficient (Wildman–Crippen LogP) is 4.33. The average Bonchev–Trinajstić information content (AvgIpc) is 2.70. The third-order valence-corrected chi connectivity index (χ3v) is 4.07. The molecule has 0 saturated carbocycles. The first-order valence-corrected chi connectivity index (χ1v) is 8.59. The van der Waals surface area contributed by atoms with Gasteiger partial charge in [0.25, 0.3) is 5.91 Å². The van der Waals surface area contributed by atoms with E-state index in [0.717, 1.165) is 4.90 Å². The van der Waals surface area contributed by atoms with E-state index in [2.05, 4.69) is 9.72 Å². The molecule has 170 valence electrons. The molecule has 0 bridgehead atoms. The molecule has 0 unspecified atom stereocenters. The zero-order valence-electron chi connectivity index (χ0n) is 16.6. The largest absolute Gasteiger partial charge is 0.496 e. The summed E-state index contributed by atoms with van der Waals surface area (Å²) in [6, 6.07) is 5.07. The van der Waals surface area contributed by atoms with Gasteiger partial charge in [-0.2, -0.15) is 26.3 Å². The highest BCUT2D eigenvalue weighted by Gasteiger charge is 2.37. The van der Waals surface area contributed by atoms with Crippen molar-refractivity contribution in [2.45, 2.75) is 18.9 Å². The van der Waals surface area contributed by atoms with E-state index < -0.39 is 41.9 Å². The van der Waals surface area contributed by atoms with Crippen LogP contribution in [0.25, 0.3) is 0 Å². The Hall–Kier alpha value is -3.18. The SMILES string of the molecule is COc1cccc(OC)c1CN(C)C(=O)c1cnc(OCC(F)(F)F)cc1C(F)(F)F. The van der Waals surface area contributed by atoms with Crippen LogP contribution in [0.15, 0.2) is 30.5 Å². The van der Waals surface area contributed by atoms with E-state index in [4.69, 9.17) is 9.47 Å². The zero-order chi connectivity index (χ0) is 23.4. The molecule has 12 heteroatoms. The van der Waals surface area contributed by atoms with Crippen molar-refractivity contribution >= 4 is 5.91 Å². The van der Waals surface area contributed by atoms with Crippen molar-refractivity contribution in [2.75, 3.05) is 27.9 Å². The number of amides is 1. The number of carbonyl (C=O) groups is 1. The summed E-state index contributed by atoms with van der Waals surface area (Å²) in [7, 11) is 4.01. The van der Waals surface area contributed by atoms with Crippen LogP contribution in [0.3, 0.4) is 0 Å². The quantitative estimate of drug-likeness (QED) is 0.586. The molecule has 1 amide bonds. The topological polar surface area (TPSA) is 60.9 Å². The highest BCUT2D eigenvalue weighted by molar-refractivity contribution is 5.95. The van der Waals surface area contributed by atoms with Crippen LogP contribution in [0, 0.1) is 0 Å². The molecule has 0 N–H and O–H groups in total. The molecule has 1 heterocycles. The molecule has 0 fully saturated rings. The second-order valence-corrected chi connectivity index (χ2v) is 6.27. The first-order valence-electron chi connectivity index (χ1n) is 8.59. The van der Waals surface area contributed by atoms with Gasteiger partial charge >= 0.3 is 12.4 Å². The lowest BCUT2D eigenvalue weighted by atomic mass is 10.1. The fourth-order valence-corrected chi connectivity index (χ4v) is 2.67. The molecule has 0 aliphatic carbocycles. The summed E-state index contributed by atoms with van der Waals surface area (Å²) in [5, 5.41) is 0. The number of hydrogen-bond acceptors (Lipinski definition) is 5. The number of halogens is 6. The Morgan fingerprint density at radius 1 is 1.06 bits per heavy atom. The van der Waals surface area contributed by atoms with Gasteiger partial charge in [0, 0.05) is 19.3 Å². The molecule has 1 aromatic heterocycles. The molecule has 6 nitrogen and oxygen atoms in total. The van der Waals surface area contributed by atoms with Crippen molar-refractivity contribution in [1.82, 2.24) is 9.88 Å². The molecule has 0 aliphatic rings. The summed E-state index contributed by atoms with van der Waals surface area (Å²) in [4.78, 5) is 17.1. The van der Waals surface area contributed by atoms with E-state index in [1.54, 1.807) is 18.2 Å². The fraction of sp³-hybridized carbons (Fsp3) is 0.368. The molecule has 0 aliphatic heterocycles. The number of carbonyl (C=O) groups excluding carboxylic acids is 1. The molecule has 0 saturated heterocycles. The lowest BCUT2D eigenvalue weighted by Crippen LogP contribution is -2.29. The summed E-state index contributed by atoms with van der Waals surface area (Å²) < 4.78 is 91.9. The summed E-state index contributed by atoms with van der Waals surface area (Å²) >= 11 is 0. The number of aromatic nitrogens is 1. The fourth-order valence-electron chi connectivity index (χ4n) is 2.67. The van der Waals surface area contributed by atoms with E-state index in [1.807, 2.05) is 0 Å². The molecule has 2 aromatic rings. The second-order valence-electron chi connectivity index (χ2n) is 6.27. The van der Waals surface area contributed by atoms with Crippen LogP contribution in [0.1, 0.15) is 21.5 Å². The first kappa shape index (κ1) is 24.1. The predicted molar refractivity (Wildman–Crippen MR) is 96.1 cm³/mol. The van der Waals surface area contributed by atoms with Crippen molar-refractivity contribution in [3.05, 3.63) is 47.2 Å². The van der Waals surface area contributed by atoms with Gasteiger partial charge < -0.3 is 19.1 Å². The summed E-state index contributed by atoms with van der Waals surface area (Å²) in [6.45, 7) is -1.99. The van der Waals surface area contributed by atoms with Crippen LogP contribution in [0.5, 0.6) is 17.4 Å². The third-order valence-electron chi connectivity index (χ3n) is 4.07. The lowest BCUT2D eigenvalue weighted by molar-refractivity contribution is -0.154. The number of rotatable bonds is 7. The highest BCUT2D eigenvalue weighted by atomic mass is 19.4. The van der Waals surface area contributed by atoms with Crippen LogP contribution < -0.4 is 14.2 Å². The number of benzene rings is 1. The molecular weight excluding hydrogens is 434 g/mol. The van der Waals surface area contributed by atoms with Crippen LogP contribution >= 0.6 is 0 Å². The van der Waals surface area contributed by atoms with E-state index in [1.165, 1.54) is 21.3 Å². The maximum absolute atomic E-state index is 13.5. The van der Waals surface area contributed by atoms with Crippen LogP contribution in [-0.2, 0) is 12.7 Å². The Balaban J connectivity index is 2.36. The monoisotopic (exact) mass is 452 g/mol. The lowest BCUT2D eigenvalue weighted by Gasteiger charge is -2.22. The van der Waals surface area contributed by atoms with Gasteiger partial charge in [0.2, 0.25) is 5.88 Å². The van der Waals surface area contributed by atoms with E-state index >= 15 is 0 Å². The van der Waals surface area contributed by atoms with Gasteiger partial charge in [0.15, 0.2) is 6.61 Å². The number of alkyl halides is 6. The minimum Gasteiger partial charge on any atom is -0.496 e. The van der Waals surface area contributed by atoms with Gasteiger partial charge in [-0.25, -0.2) is 4.98 Å². The minimum absolute atomic E-state index is 0.171.